The molecule has 0 N–H and O–H groups in total. The minimum atomic E-state index is -0.289. The Morgan fingerprint density at radius 2 is 0.553 bits per heavy atom. The number of thiophene rings is 1. The van der Waals surface area contributed by atoms with Gasteiger partial charge in [-0.1, -0.05) is 218 Å². The molecule has 0 atom stereocenters. The minimum Gasteiger partial charge on any atom is -0.456 e. The summed E-state index contributed by atoms with van der Waals surface area (Å²) in [6.45, 7) is 0. The van der Waals surface area contributed by atoms with Crippen LogP contribution in [0.5, 0.6) is 0 Å². The zero-order chi connectivity index (χ0) is 49.7. The zero-order valence-electron chi connectivity index (χ0n) is 41.2. The Labute approximate surface area is 444 Å². The second-order valence-corrected chi connectivity index (χ2v) is 22.0. The van der Waals surface area contributed by atoms with Gasteiger partial charge < -0.3 is 4.42 Å². The van der Waals surface area contributed by atoms with E-state index in [2.05, 4.69) is 255 Å². The molecule has 2 heterocycles. The summed E-state index contributed by atoms with van der Waals surface area (Å²) in [5.41, 5.74) is 28.1. The van der Waals surface area contributed by atoms with Crippen LogP contribution in [0.2, 0.25) is 0 Å². The van der Waals surface area contributed by atoms with E-state index in [1.54, 1.807) is 0 Å². The van der Waals surface area contributed by atoms with Gasteiger partial charge in [-0.25, -0.2) is 0 Å². The third kappa shape index (κ3) is 5.48. The van der Waals surface area contributed by atoms with Crippen LogP contribution in [0.4, 0.5) is 0 Å². The molecule has 352 valence electrons. The number of furan rings is 1. The Morgan fingerprint density at radius 3 is 1.05 bits per heavy atom. The highest BCUT2D eigenvalue weighted by Gasteiger charge is 2.53. The van der Waals surface area contributed by atoms with Crippen LogP contribution < -0.4 is 0 Å². The first-order valence-corrected chi connectivity index (χ1v) is 27.2. The number of fused-ring (bicyclic) bond motifs is 26. The second kappa shape index (κ2) is 15.6. The Bertz CT molecular complexity index is 4400. The van der Waals surface area contributed by atoms with Crippen molar-refractivity contribution >= 4 is 53.4 Å². The maximum absolute atomic E-state index is 6.09. The fourth-order valence-electron chi connectivity index (χ4n) is 14.4. The molecule has 4 aliphatic carbocycles. The predicted octanol–water partition coefficient (Wildman–Crippen LogP) is 19.7. The van der Waals surface area contributed by atoms with Crippen LogP contribution in [0.1, 0.15) is 44.5 Å². The molecule has 0 fully saturated rings. The summed E-state index contributed by atoms with van der Waals surface area (Å²) in [4.78, 5) is 0. The van der Waals surface area contributed by atoms with E-state index in [0.29, 0.717) is 0 Å². The summed E-state index contributed by atoms with van der Waals surface area (Å²) in [5, 5.41) is 5.01. The van der Waals surface area contributed by atoms with Crippen molar-refractivity contribution in [1.82, 2.24) is 0 Å². The van der Waals surface area contributed by atoms with Gasteiger partial charge in [0.05, 0.1) is 10.8 Å². The first kappa shape index (κ1) is 42.1. The average molecular weight is 981 g/mol. The zero-order valence-corrected chi connectivity index (χ0v) is 42.0. The molecule has 0 aliphatic heterocycles. The molecule has 0 amide bonds. The number of rotatable bonds is 2. The molecular weight excluding hydrogens is 937 g/mol. The van der Waals surface area contributed by atoms with E-state index >= 15 is 0 Å². The van der Waals surface area contributed by atoms with Gasteiger partial charge in [0.25, 0.3) is 0 Å². The van der Waals surface area contributed by atoms with Crippen LogP contribution in [0.15, 0.2) is 271 Å². The van der Waals surface area contributed by atoms with E-state index in [0.717, 1.165) is 21.9 Å². The van der Waals surface area contributed by atoms with E-state index in [4.69, 9.17) is 4.42 Å². The van der Waals surface area contributed by atoms with Gasteiger partial charge in [0.15, 0.2) is 0 Å². The summed E-state index contributed by atoms with van der Waals surface area (Å²) in [5.74, 6) is 0. The van der Waals surface area contributed by atoms with Gasteiger partial charge >= 0.3 is 0 Å². The third-order valence-electron chi connectivity index (χ3n) is 17.4. The third-order valence-corrected chi connectivity index (χ3v) is 18.6. The highest BCUT2D eigenvalue weighted by molar-refractivity contribution is 7.25. The van der Waals surface area contributed by atoms with E-state index in [-0.39, 0.29) is 10.8 Å². The van der Waals surface area contributed by atoms with Gasteiger partial charge in [-0.2, -0.15) is 0 Å². The molecule has 0 radical (unpaired) electrons. The van der Waals surface area contributed by atoms with Crippen LogP contribution in [0.25, 0.3) is 109 Å². The SMILES string of the molecule is c1ccc2c(c1)-c1ccccc1C21c2ccccc2-c2cc(-c3ccc4oc5ccccc5c4c3)ccc21.c1ccc2c(c1)-c1ccccc1C21c2ccccc2-c2cc(-c3ccc4sc5ccccc5c4c3)ccc21. The number of benzene rings is 12. The van der Waals surface area contributed by atoms with Crippen molar-refractivity contribution in [1.29, 1.82) is 0 Å². The van der Waals surface area contributed by atoms with Crippen molar-refractivity contribution in [2.45, 2.75) is 10.8 Å². The smallest absolute Gasteiger partial charge is 0.135 e. The Hall–Kier alpha value is -9.34. The molecule has 2 heteroatoms. The van der Waals surface area contributed by atoms with Crippen molar-refractivity contribution in [2.75, 3.05) is 0 Å². The summed E-state index contributed by atoms with van der Waals surface area (Å²) in [6, 6.07) is 98.7. The monoisotopic (exact) mass is 980 g/mol. The Morgan fingerprint density at radius 1 is 0.224 bits per heavy atom. The van der Waals surface area contributed by atoms with E-state index in [1.165, 1.54) is 131 Å². The molecule has 2 spiro atoms. The maximum Gasteiger partial charge on any atom is 0.135 e. The lowest BCUT2D eigenvalue weighted by atomic mass is 9.70. The lowest BCUT2D eigenvalue weighted by Gasteiger charge is -2.30. The number of para-hydroxylation sites is 1. The van der Waals surface area contributed by atoms with Crippen LogP contribution in [-0.2, 0) is 10.8 Å². The van der Waals surface area contributed by atoms with E-state index < -0.39 is 0 Å². The van der Waals surface area contributed by atoms with Crippen LogP contribution in [0, 0.1) is 0 Å². The lowest BCUT2D eigenvalue weighted by molar-refractivity contribution is 0.669. The molecule has 76 heavy (non-hydrogen) atoms. The molecule has 0 unspecified atom stereocenters. The first-order chi connectivity index (χ1) is 37.7. The molecule has 0 saturated heterocycles. The average Bonchev–Trinajstić information content (AvgIpc) is 4.38. The van der Waals surface area contributed by atoms with Gasteiger partial charge in [0.1, 0.15) is 11.2 Å². The normalized spacial score (nSPS) is 14.0. The largest absolute Gasteiger partial charge is 0.456 e. The fraction of sp³-hybridized carbons (Fsp3) is 0.0270. The van der Waals surface area contributed by atoms with E-state index in [1.807, 2.05) is 23.5 Å². The molecule has 12 aromatic carbocycles. The van der Waals surface area contributed by atoms with Crippen molar-refractivity contribution in [3.63, 3.8) is 0 Å². The van der Waals surface area contributed by atoms with Gasteiger partial charge in [-0.05, 0) is 160 Å². The minimum absolute atomic E-state index is 0.273. The number of hydrogen-bond donors (Lipinski definition) is 0. The molecule has 2 aromatic heterocycles. The van der Waals surface area contributed by atoms with Gasteiger partial charge in [0.2, 0.25) is 0 Å². The maximum atomic E-state index is 6.09. The quantitative estimate of drug-likeness (QED) is 0.168. The van der Waals surface area contributed by atoms with Crippen LogP contribution in [-0.4, -0.2) is 0 Å². The van der Waals surface area contributed by atoms with Crippen molar-refractivity contribution in [3.8, 4) is 66.8 Å². The Balaban J connectivity index is 0.000000124. The van der Waals surface area contributed by atoms with Crippen LogP contribution >= 0.6 is 11.3 Å². The molecule has 1 nitrogen and oxygen atoms in total. The molecule has 4 aliphatic rings. The highest BCUT2D eigenvalue weighted by Crippen LogP contribution is 2.65. The molecule has 0 saturated carbocycles. The highest BCUT2D eigenvalue weighted by atomic mass is 32.1. The molecule has 18 rings (SSSR count). The summed E-state index contributed by atoms with van der Waals surface area (Å²) >= 11 is 1.88. The van der Waals surface area contributed by atoms with E-state index in [9.17, 15) is 0 Å². The van der Waals surface area contributed by atoms with Gasteiger partial charge in [0, 0.05) is 30.9 Å². The summed E-state index contributed by atoms with van der Waals surface area (Å²) < 4.78 is 8.79. The molecule has 14 aromatic rings. The van der Waals surface area contributed by atoms with Gasteiger partial charge in [-0.3, -0.25) is 0 Å². The predicted molar refractivity (Wildman–Crippen MR) is 317 cm³/mol. The standard InChI is InChI=1S/C37H22O.C37H22S/c2*1-5-13-31-25(9-1)26-10-2-6-14-32(26)37(31)33-15-7-3-11-27(33)29-21-23(17-19-34(29)37)24-18-20-36-30(22-24)28-12-4-8-16-35(28)38-36/h2*1-22H. The fourth-order valence-corrected chi connectivity index (χ4v) is 15.5. The number of hydrogen-bond acceptors (Lipinski definition) is 2. The first-order valence-electron chi connectivity index (χ1n) is 26.4. The van der Waals surface area contributed by atoms with Gasteiger partial charge in [-0.15, -0.1) is 11.3 Å². The molecular formula is C74H44OS. The van der Waals surface area contributed by atoms with Crippen LogP contribution in [0.3, 0.4) is 0 Å². The second-order valence-electron chi connectivity index (χ2n) is 20.9. The summed E-state index contributed by atoms with van der Waals surface area (Å²) in [6.07, 6.45) is 0. The van der Waals surface area contributed by atoms with Crippen molar-refractivity contribution in [3.05, 3.63) is 311 Å². The Kier molecular flexibility index (Phi) is 8.63. The van der Waals surface area contributed by atoms with Crippen molar-refractivity contribution < 1.29 is 4.42 Å². The molecule has 0 bridgehead atoms. The lowest BCUT2D eigenvalue weighted by Crippen LogP contribution is -2.25. The topological polar surface area (TPSA) is 13.1 Å². The van der Waals surface area contributed by atoms with Crippen molar-refractivity contribution in [2.24, 2.45) is 0 Å². The summed E-state index contributed by atoms with van der Waals surface area (Å²) in [7, 11) is 0.